The van der Waals surface area contributed by atoms with E-state index in [1.165, 1.54) is 19.3 Å². The molecule has 1 saturated carbocycles. The maximum atomic E-state index is 6.17. The largest absolute Gasteiger partial charge is 0.497 e. The Morgan fingerprint density at radius 3 is 2.71 bits per heavy atom. The minimum atomic E-state index is 0.422. The van der Waals surface area contributed by atoms with Crippen LogP contribution >= 0.6 is 0 Å². The summed E-state index contributed by atoms with van der Waals surface area (Å²) in [5, 5.41) is 0. The Bertz CT molecular complexity index is 629. The number of hydrogen-bond acceptors (Lipinski definition) is 4. The zero-order valence-electron chi connectivity index (χ0n) is 12.4. The molecular weight excluding hydrogens is 264 g/mol. The molecule has 5 heteroatoms. The van der Waals surface area contributed by atoms with Crippen LogP contribution in [0.5, 0.6) is 5.75 Å². The lowest BCUT2D eigenvalue weighted by molar-refractivity contribution is 0.415. The van der Waals surface area contributed by atoms with Crippen molar-refractivity contribution >= 4 is 5.82 Å². The number of ether oxygens (including phenoxy) is 1. The van der Waals surface area contributed by atoms with Gasteiger partial charge in [0.1, 0.15) is 17.3 Å². The van der Waals surface area contributed by atoms with Crippen molar-refractivity contribution in [2.45, 2.75) is 38.0 Å². The number of imidazole rings is 1. The average Bonchev–Trinajstić information content (AvgIpc) is 2.84. The molecule has 0 spiro atoms. The van der Waals surface area contributed by atoms with Crippen molar-refractivity contribution in [1.29, 1.82) is 0 Å². The molecule has 2 aromatic rings. The molecule has 0 atom stereocenters. The topological polar surface area (TPSA) is 79.1 Å². The van der Waals surface area contributed by atoms with E-state index in [0.29, 0.717) is 11.7 Å². The van der Waals surface area contributed by atoms with Crippen LogP contribution < -0.4 is 16.3 Å². The summed E-state index contributed by atoms with van der Waals surface area (Å²) in [5.41, 5.74) is 7.85. The van der Waals surface area contributed by atoms with E-state index in [-0.39, 0.29) is 0 Å². The van der Waals surface area contributed by atoms with Crippen molar-refractivity contribution in [1.82, 2.24) is 9.66 Å². The molecule has 3 rings (SSSR count). The van der Waals surface area contributed by atoms with Crippen molar-refractivity contribution in [2.24, 2.45) is 0 Å². The van der Waals surface area contributed by atoms with Crippen LogP contribution in [0.4, 0.5) is 5.82 Å². The molecule has 1 fully saturated rings. The minimum absolute atomic E-state index is 0.422. The van der Waals surface area contributed by atoms with Crippen LogP contribution in [0.15, 0.2) is 24.3 Å². The molecule has 0 aliphatic heterocycles. The molecule has 4 N–H and O–H groups in total. The van der Waals surface area contributed by atoms with Gasteiger partial charge in [0.05, 0.1) is 7.11 Å². The second kappa shape index (κ2) is 5.68. The number of methoxy groups -OCH3 is 1. The SMILES string of the molecule is COc1cccc(-c2nc(C3CCCCC3)n(N)c2N)c1. The fourth-order valence-corrected chi connectivity index (χ4v) is 3.09. The summed E-state index contributed by atoms with van der Waals surface area (Å²) in [6.07, 6.45) is 6.08. The number of hydrogen-bond donors (Lipinski definition) is 2. The van der Waals surface area contributed by atoms with Gasteiger partial charge in [-0.05, 0) is 25.0 Å². The van der Waals surface area contributed by atoms with Gasteiger partial charge in [0.2, 0.25) is 0 Å². The van der Waals surface area contributed by atoms with E-state index in [1.807, 2.05) is 24.3 Å². The lowest BCUT2D eigenvalue weighted by Gasteiger charge is -2.20. The maximum absolute atomic E-state index is 6.17. The molecule has 0 saturated heterocycles. The zero-order valence-corrected chi connectivity index (χ0v) is 12.4. The molecular formula is C16H22N4O. The zero-order chi connectivity index (χ0) is 14.8. The molecule has 1 aromatic heterocycles. The fourth-order valence-electron chi connectivity index (χ4n) is 3.09. The predicted molar refractivity (Wildman–Crippen MR) is 84.6 cm³/mol. The molecule has 0 unspecified atom stereocenters. The minimum Gasteiger partial charge on any atom is -0.497 e. The van der Waals surface area contributed by atoms with E-state index in [1.54, 1.807) is 11.8 Å². The molecule has 0 bridgehead atoms. The highest BCUT2D eigenvalue weighted by Gasteiger charge is 2.24. The second-order valence-electron chi connectivity index (χ2n) is 5.64. The van der Waals surface area contributed by atoms with Crippen LogP contribution in [0.2, 0.25) is 0 Å². The van der Waals surface area contributed by atoms with Gasteiger partial charge >= 0.3 is 0 Å². The van der Waals surface area contributed by atoms with E-state index in [9.17, 15) is 0 Å². The highest BCUT2D eigenvalue weighted by atomic mass is 16.5. The number of nitrogen functional groups attached to an aromatic ring is 2. The van der Waals surface area contributed by atoms with Gasteiger partial charge < -0.3 is 16.3 Å². The van der Waals surface area contributed by atoms with Gasteiger partial charge in [-0.2, -0.15) is 0 Å². The second-order valence-corrected chi connectivity index (χ2v) is 5.64. The molecule has 1 aromatic carbocycles. The number of aromatic nitrogens is 2. The highest BCUT2D eigenvalue weighted by molar-refractivity contribution is 5.72. The third kappa shape index (κ3) is 2.55. The number of rotatable bonds is 3. The Morgan fingerprint density at radius 1 is 1.24 bits per heavy atom. The van der Waals surface area contributed by atoms with Crippen LogP contribution in [-0.4, -0.2) is 16.8 Å². The third-order valence-electron chi connectivity index (χ3n) is 4.29. The van der Waals surface area contributed by atoms with Gasteiger partial charge in [-0.25, -0.2) is 9.66 Å². The van der Waals surface area contributed by atoms with Crippen LogP contribution in [0.1, 0.15) is 43.8 Å². The Balaban J connectivity index is 1.99. The summed E-state index contributed by atoms with van der Waals surface area (Å²) in [6, 6.07) is 7.75. The number of anilines is 1. The molecule has 1 aliphatic carbocycles. The van der Waals surface area contributed by atoms with Crippen molar-refractivity contribution in [3.8, 4) is 17.0 Å². The summed E-state index contributed by atoms with van der Waals surface area (Å²) in [5.74, 6) is 8.78. The van der Waals surface area contributed by atoms with Crippen LogP contribution in [0.25, 0.3) is 11.3 Å². The lowest BCUT2D eigenvalue weighted by atomic mass is 9.89. The van der Waals surface area contributed by atoms with Crippen molar-refractivity contribution in [3.63, 3.8) is 0 Å². The first kappa shape index (κ1) is 13.8. The summed E-state index contributed by atoms with van der Waals surface area (Å²) in [4.78, 5) is 4.74. The predicted octanol–water partition coefficient (Wildman–Crippen LogP) is 2.90. The Kier molecular flexibility index (Phi) is 3.73. The van der Waals surface area contributed by atoms with Gasteiger partial charge in [0, 0.05) is 11.5 Å². The Labute approximate surface area is 124 Å². The van der Waals surface area contributed by atoms with Crippen molar-refractivity contribution in [2.75, 3.05) is 18.7 Å². The van der Waals surface area contributed by atoms with E-state index in [4.69, 9.17) is 21.3 Å². The van der Waals surface area contributed by atoms with Gasteiger partial charge in [-0.1, -0.05) is 31.4 Å². The first-order chi connectivity index (χ1) is 10.2. The van der Waals surface area contributed by atoms with Crippen LogP contribution in [0.3, 0.4) is 0 Å². The average molecular weight is 286 g/mol. The smallest absolute Gasteiger partial charge is 0.150 e. The maximum Gasteiger partial charge on any atom is 0.150 e. The number of nitrogens with zero attached hydrogens (tertiary/aromatic N) is 2. The van der Waals surface area contributed by atoms with Gasteiger partial charge in [-0.3, -0.25) is 0 Å². The third-order valence-corrected chi connectivity index (χ3v) is 4.29. The number of nitrogens with two attached hydrogens (primary N) is 2. The molecule has 0 radical (unpaired) electrons. The summed E-state index contributed by atoms with van der Waals surface area (Å²) in [6.45, 7) is 0. The molecule has 112 valence electrons. The molecule has 5 nitrogen and oxygen atoms in total. The quantitative estimate of drug-likeness (QED) is 0.850. The van der Waals surface area contributed by atoms with Crippen LogP contribution in [-0.2, 0) is 0 Å². The van der Waals surface area contributed by atoms with Crippen LogP contribution in [0, 0.1) is 0 Å². The number of benzene rings is 1. The van der Waals surface area contributed by atoms with Gasteiger partial charge in [0.25, 0.3) is 0 Å². The van der Waals surface area contributed by atoms with E-state index in [0.717, 1.165) is 35.7 Å². The van der Waals surface area contributed by atoms with Crippen molar-refractivity contribution < 1.29 is 4.74 Å². The standard InChI is InChI=1S/C16H22N4O/c1-21-13-9-5-8-12(10-13)14-15(17)20(18)16(19-14)11-6-3-2-4-7-11/h5,8-11H,2-4,6-7,17-18H2,1H3. The summed E-state index contributed by atoms with van der Waals surface area (Å²) >= 11 is 0. The lowest BCUT2D eigenvalue weighted by Crippen LogP contribution is -2.19. The van der Waals surface area contributed by atoms with Gasteiger partial charge in [-0.15, -0.1) is 0 Å². The first-order valence-electron chi connectivity index (χ1n) is 7.48. The molecule has 0 amide bonds. The first-order valence-corrected chi connectivity index (χ1v) is 7.48. The fraction of sp³-hybridized carbons (Fsp3) is 0.438. The normalized spacial score (nSPS) is 16.0. The van der Waals surface area contributed by atoms with E-state index < -0.39 is 0 Å². The summed E-state index contributed by atoms with van der Waals surface area (Å²) < 4.78 is 6.82. The van der Waals surface area contributed by atoms with Crippen molar-refractivity contribution in [3.05, 3.63) is 30.1 Å². The molecule has 21 heavy (non-hydrogen) atoms. The Hall–Kier alpha value is -2.17. The Morgan fingerprint density at radius 2 is 2.00 bits per heavy atom. The van der Waals surface area contributed by atoms with E-state index in [2.05, 4.69) is 0 Å². The molecule has 1 heterocycles. The van der Waals surface area contributed by atoms with Gasteiger partial charge in [0.15, 0.2) is 5.82 Å². The monoisotopic (exact) mass is 286 g/mol. The molecule has 1 aliphatic rings. The summed E-state index contributed by atoms with van der Waals surface area (Å²) in [7, 11) is 1.65. The highest BCUT2D eigenvalue weighted by Crippen LogP contribution is 2.35. The van der Waals surface area contributed by atoms with E-state index >= 15 is 0 Å².